The molecule has 1 aliphatic heterocycles. The van der Waals surface area contributed by atoms with Crippen LogP contribution in [-0.4, -0.2) is 18.8 Å². The van der Waals surface area contributed by atoms with Crippen LogP contribution in [0.25, 0.3) is 0 Å². The third kappa shape index (κ3) is 2.67. The van der Waals surface area contributed by atoms with E-state index in [4.69, 9.17) is 4.74 Å². The highest BCUT2D eigenvalue weighted by atomic mass is 79.9. The van der Waals surface area contributed by atoms with Crippen molar-refractivity contribution < 1.29 is 4.74 Å². The SMILES string of the molecule is CC(NC1CCCc2sc(Br)cc21)C1CCCO1. The fraction of sp³-hybridized carbons (Fsp3) is 0.714. The zero-order chi connectivity index (χ0) is 12.5. The Morgan fingerprint density at radius 1 is 1.44 bits per heavy atom. The van der Waals surface area contributed by atoms with Crippen molar-refractivity contribution in [2.45, 2.75) is 57.2 Å². The van der Waals surface area contributed by atoms with Crippen LogP contribution in [-0.2, 0) is 11.2 Å². The predicted octanol–water partition coefficient (Wildman–Crippen LogP) is 4.05. The Balaban J connectivity index is 1.69. The van der Waals surface area contributed by atoms with E-state index in [0.717, 1.165) is 6.61 Å². The number of rotatable bonds is 3. The quantitative estimate of drug-likeness (QED) is 0.903. The van der Waals surface area contributed by atoms with Gasteiger partial charge in [0, 0.05) is 23.6 Å². The van der Waals surface area contributed by atoms with E-state index < -0.39 is 0 Å². The topological polar surface area (TPSA) is 21.3 Å². The Labute approximate surface area is 121 Å². The predicted molar refractivity (Wildman–Crippen MR) is 79.3 cm³/mol. The van der Waals surface area contributed by atoms with Gasteiger partial charge in [0.1, 0.15) is 0 Å². The molecule has 0 bridgehead atoms. The Morgan fingerprint density at radius 3 is 3.11 bits per heavy atom. The largest absolute Gasteiger partial charge is 0.377 e. The highest BCUT2D eigenvalue weighted by Crippen LogP contribution is 2.38. The fourth-order valence-corrected chi connectivity index (χ4v) is 4.94. The molecule has 0 aromatic carbocycles. The van der Waals surface area contributed by atoms with Crippen LogP contribution in [0, 0.1) is 0 Å². The molecule has 0 amide bonds. The Kier molecular flexibility index (Phi) is 4.09. The summed E-state index contributed by atoms with van der Waals surface area (Å²) in [5.41, 5.74) is 1.52. The van der Waals surface area contributed by atoms with E-state index in [1.807, 2.05) is 11.3 Å². The Hall–Kier alpha value is 0.1000. The molecule has 3 atom stereocenters. The zero-order valence-corrected chi connectivity index (χ0v) is 13.1. The lowest BCUT2D eigenvalue weighted by atomic mass is 9.93. The van der Waals surface area contributed by atoms with Gasteiger partial charge in [-0.15, -0.1) is 11.3 Å². The normalized spacial score (nSPS) is 29.2. The van der Waals surface area contributed by atoms with Gasteiger partial charge in [0.25, 0.3) is 0 Å². The molecule has 3 rings (SSSR count). The molecule has 100 valence electrons. The minimum Gasteiger partial charge on any atom is -0.377 e. The van der Waals surface area contributed by atoms with Crippen molar-refractivity contribution in [2.24, 2.45) is 0 Å². The molecule has 3 unspecified atom stereocenters. The second-order valence-electron chi connectivity index (χ2n) is 5.38. The average molecular weight is 330 g/mol. The van der Waals surface area contributed by atoms with Crippen LogP contribution in [0.2, 0.25) is 0 Å². The monoisotopic (exact) mass is 329 g/mol. The van der Waals surface area contributed by atoms with Gasteiger partial charge in [-0.2, -0.15) is 0 Å². The molecular weight excluding hydrogens is 310 g/mol. The Bertz CT molecular complexity index is 414. The van der Waals surface area contributed by atoms with Crippen LogP contribution in [0.4, 0.5) is 0 Å². The number of thiophene rings is 1. The van der Waals surface area contributed by atoms with Crippen LogP contribution >= 0.6 is 27.3 Å². The lowest BCUT2D eigenvalue weighted by Crippen LogP contribution is -2.40. The minimum atomic E-state index is 0.414. The zero-order valence-electron chi connectivity index (χ0n) is 10.7. The molecule has 2 aliphatic rings. The van der Waals surface area contributed by atoms with Crippen molar-refractivity contribution in [3.63, 3.8) is 0 Å². The molecule has 2 nitrogen and oxygen atoms in total. The minimum absolute atomic E-state index is 0.414. The summed E-state index contributed by atoms with van der Waals surface area (Å²) in [6, 6.07) is 3.29. The van der Waals surface area contributed by atoms with Gasteiger partial charge in [-0.25, -0.2) is 0 Å². The van der Waals surface area contributed by atoms with Gasteiger partial charge in [-0.3, -0.25) is 0 Å². The maximum Gasteiger partial charge on any atom is 0.0726 e. The molecule has 1 fully saturated rings. The summed E-state index contributed by atoms with van der Waals surface area (Å²) in [6.45, 7) is 3.21. The third-order valence-electron chi connectivity index (χ3n) is 4.07. The average Bonchev–Trinajstić information content (AvgIpc) is 2.96. The molecular formula is C14H20BrNOS. The number of halogens is 1. The summed E-state index contributed by atoms with van der Waals surface area (Å²) >= 11 is 5.52. The van der Waals surface area contributed by atoms with Crippen molar-refractivity contribution >= 4 is 27.3 Å². The number of ether oxygens (including phenoxy) is 1. The summed E-state index contributed by atoms with van der Waals surface area (Å²) < 4.78 is 7.05. The number of nitrogens with one attached hydrogen (secondary N) is 1. The third-order valence-corrected chi connectivity index (χ3v) is 5.78. The molecule has 1 saturated heterocycles. The standard InChI is InChI=1S/C14H20BrNOS/c1-9(12-5-3-7-17-12)16-11-4-2-6-13-10(11)8-14(15)18-13/h8-9,11-12,16H,2-7H2,1H3. The van der Waals surface area contributed by atoms with Crippen LogP contribution in [0.3, 0.4) is 0 Å². The highest BCUT2D eigenvalue weighted by Gasteiger charge is 2.28. The van der Waals surface area contributed by atoms with E-state index in [0.29, 0.717) is 18.2 Å². The molecule has 1 aromatic rings. The summed E-state index contributed by atoms with van der Waals surface area (Å²) in [4.78, 5) is 1.56. The number of aryl methyl sites for hydroxylation is 1. The van der Waals surface area contributed by atoms with E-state index in [-0.39, 0.29) is 0 Å². The second-order valence-corrected chi connectivity index (χ2v) is 7.90. The van der Waals surface area contributed by atoms with Crippen molar-refractivity contribution in [3.05, 3.63) is 20.3 Å². The molecule has 0 radical (unpaired) electrons. The maximum absolute atomic E-state index is 5.78. The summed E-state index contributed by atoms with van der Waals surface area (Å²) in [5.74, 6) is 0. The van der Waals surface area contributed by atoms with Crippen molar-refractivity contribution in [2.75, 3.05) is 6.61 Å². The summed E-state index contributed by atoms with van der Waals surface area (Å²) in [7, 11) is 0. The van der Waals surface area contributed by atoms with Gasteiger partial charge in [-0.1, -0.05) is 0 Å². The van der Waals surface area contributed by atoms with E-state index in [9.17, 15) is 0 Å². The van der Waals surface area contributed by atoms with Crippen LogP contribution in [0.5, 0.6) is 0 Å². The van der Waals surface area contributed by atoms with Crippen molar-refractivity contribution in [3.8, 4) is 0 Å². The Morgan fingerprint density at radius 2 is 2.33 bits per heavy atom. The van der Waals surface area contributed by atoms with Gasteiger partial charge >= 0.3 is 0 Å². The molecule has 0 spiro atoms. The smallest absolute Gasteiger partial charge is 0.0726 e. The van der Waals surface area contributed by atoms with Crippen LogP contribution in [0.1, 0.15) is 49.1 Å². The maximum atomic E-state index is 5.78. The van der Waals surface area contributed by atoms with Gasteiger partial charge in [0.2, 0.25) is 0 Å². The first-order chi connectivity index (χ1) is 8.74. The first-order valence-electron chi connectivity index (χ1n) is 6.90. The number of hydrogen-bond acceptors (Lipinski definition) is 3. The van der Waals surface area contributed by atoms with E-state index in [1.54, 1.807) is 4.88 Å². The number of fused-ring (bicyclic) bond motifs is 1. The van der Waals surface area contributed by atoms with Crippen LogP contribution < -0.4 is 5.32 Å². The highest BCUT2D eigenvalue weighted by molar-refractivity contribution is 9.11. The molecule has 18 heavy (non-hydrogen) atoms. The van der Waals surface area contributed by atoms with Gasteiger partial charge in [-0.05, 0) is 66.6 Å². The lowest BCUT2D eigenvalue weighted by molar-refractivity contribution is 0.0788. The van der Waals surface area contributed by atoms with Gasteiger partial charge < -0.3 is 10.1 Å². The molecule has 1 N–H and O–H groups in total. The molecule has 2 heterocycles. The van der Waals surface area contributed by atoms with Crippen molar-refractivity contribution in [1.82, 2.24) is 5.32 Å². The molecule has 1 aliphatic carbocycles. The van der Waals surface area contributed by atoms with E-state index in [1.165, 1.54) is 41.5 Å². The fourth-order valence-electron chi connectivity index (χ4n) is 3.12. The summed E-state index contributed by atoms with van der Waals surface area (Å²) in [5, 5.41) is 3.79. The van der Waals surface area contributed by atoms with Crippen molar-refractivity contribution in [1.29, 1.82) is 0 Å². The van der Waals surface area contributed by atoms with Gasteiger partial charge in [0.15, 0.2) is 0 Å². The van der Waals surface area contributed by atoms with E-state index in [2.05, 4.69) is 34.2 Å². The molecule has 4 heteroatoms. The summed E-state index contributed by atoms with van der Waals surface area (Å²) in [6.07, 6.45) is 6.65. The lowest BCUT2D eigenvalue weighted by Gasteiger charge is -2.29. The van der Waals surface area contributed by atoms with Crippen LogP contribution in [0.15, 0.2) is 9.85 Å². The molecule has 1 aromatic heterocycles. The van der Waals surface area contributed by atoms with Gasteiger partial charge in [0.05, 0.1) is 9.89 Å². The number of hydrogen-bond donors (Lipinski definition) is 1. The molecule has 0 saturated carbocycles. The van der Waals surface area contributed by atoms with E-state index >= 15 is 0 Å². The first-order valence-corrected chi connectivity index (χ1v) is 8.51. The second kappa shape index (κ2) is 5.61. The first kappa shape index (κ1) is 13.1.